The van der Waals surface area contributed by atoms with Gasteiger partial charge in [-0.25, -0.2) is 9.50 Å². The number of amides is 1. The van der Waals surface area contributed by atoms with Gasteiger partial charge in [-0.15, -0.1) is 5.10 Å². The minimum Gasteiger partial charge on any atom is -0.381 e. The van der Waals surface area contributed by atoms with Crippen molar-refractivity contribution in [1.29, 1.82) is 0 Å². The summed E-state index contributed by atoms with van der Waals surface area (Å²) < 4.78 is 1.40. The van der Waals surface area contributed by atoms with Gasteiger partial charge in [-0.2, -0.15) is 0 Å². The number of aromatic nitrogens is 4. The number of nitrogen functional groups attached to an aromatic ring is 1. The first-order valence-electron chi connectivity index (χ1n) is 9.01. The molecule has 0 unspecified atom stereocenters. The molecule has 1 amide bonds. The molecule has 146 valence electrons. The second kappa shape index (κ2) is 7.61. The number of nitrogens with zero attached hydrogens (tertiary/aromatic N) is 6. The first kappa shape index (κ1) is 18.5. The molecule has 0 aromatic carbocycles. The van der Waals surface area contributed by atoms with Crippen LogP contribution >= 0.6 is 11.6 Å². The molecule has 0 radical (unpaired) electrons. The number of anilines is 3. The van der Waals surface area contributed by atoms with Gasteiger partial charge in [0.05, 0.1) is 28.8 Å². The van der Waals surface area contributed by atoms with E-state index >= 15 is 0 Å². The van der Waals surface area contributed by atoms with Crippen LogP contribution in [0.4, 0.5) is 17.2 Å². The highest BCUT2D eigenvalue weighted by atomic mass is 35.5. The average molecular weight is 401 g/mol. The van der Waals surface area contributed by atoms with E-state index in [0.29, 0.717) is 16.4 Å². The number of carbonyl (C=O) groups is 1. The Morgan fingerprint density at radius 1 is 1.25 bits per heavy atom. The van der Waals surface area contributed by atoms with Gasteiger partial charge in [-0.1, -0.05) is 11.6 Å². The fourth-order valence-electron chi connectivity index (χ4n) is 3.38. The van der Waals surface area contributed by atoms with E-state index in [0.717, 1.165) is 38.3 Å². The van der Waals surface area contributed by atoms with Crippen molar-refractivity contribution in [2.75, 3.05) is 49.2 Å². The van der Waals surface area contributed by atoms with E-state index in [1.807, 2.05) is 6.07 Å². The minimum absolute atomic E-state index is 0.0918. The number of fused-ring (bicyclic) bond motifs is 1. The zero-order valence-electron chi connectivity index (χ0n) is 15.5. The van der Waals surface area contributed by atoms with Gasteiger partial charge in [-0.3, -0.25) is 9.78 Å². The largest absolute Gasteiger partial charge is 0.381 e. The molecule has 3 aromatic heterocycles. The smallest absolute Gasteiger partial charge is 0.263 e. The number of hydrogen-bond donors (Lipinski definition) is 2. The van der Waals surface area contributed by atoms with Crippen molar-refractivity contribution in [3.05, 3.63) is 41.4 Å². The molecule has 1 fully saturated rings. The molecule has 4 rings (SSSR count). The Balaban J connectivity index is 1.63. The summed E-state index contributed by atoms with van der Waals surface area (Å²) >= 11 is 5.94. The van der Waals surface area contributed by atoms with E-state index < -0.39 is 0 Å². The van der Waals surface area contributed by atoms with Crippen LogP contribution in [0.1, 0.15) is 16.8 Å². The first-order chi connectivity index (χ1) is 13.5. The molecule has 0 aliphatic carbocycles. The fourth-order valence-corrected chi connectivity index (χ4v) is 3.52. The molecule has 1 aliphatic rings. The van der Waals surface area contributed by atoms with Crippen molar-refractivity contribution in [3.8, 4) is 0 Å². The molecular formula is C18H21ClN8O. The van der Waals surface area contributed by atoms with Crippen molar-refractivity contribution >= 4 is 40.3 Å². The zero-order valence-corrected chi connectivity index (χ0v) is 16.2. The highest BCUT2D eigenvalue weighted by Gasteiger charge is 2.22. The molecule has 1 saturated heterocycles. The Bertz CT molecular complexity index is 1020. The summed E-state index contributed by atoms with van der Waals surface area (Å²) in [5.74, 6) is -0.294. The number of pyridine rings is 1. The summed E-state index contributed by atoms with van der Waals surface area (Å²) in [5, 5.41) is 7.46. The van der Waals surface area contributed by atoms with E-state index in [1.165, 1.54) is 10.7 Å². The summed E-state index contributed by atoms with van der Waals surface area (Å²) in [7, 11) is 2.12. The standard InChI is InChI=1S/C18H21ClN8O/c1-25-5-2-6-26(8-7-25)14-3-4-21-10-13(14)23-18(28)15-16(20)24-27-11-12(19)9-22-17(15)27/h3-4,9-11H,2,5-8H2,1H3,(H2,20,24)(H,23,28). The molecule has 10 heteroatoms. The van der Waals surface area contributed by atoms with E-state index in [4.69, 9.17) is 17.3 Å². The van der Waals surface area contributed by atoms with Crippen LogP contribution in [0, 0.1) is 0 Å². The maximum Gasteiger partial charge on any atom is 0.263 e. The van der Waals surface area contributed by atoms with Crippen LogP contribution < -0.4 is 16.0 Å². The summed E-state index contributed by atoms with van der Waals surface area (Å²) in [5.41, 5.74) is 8.09. The number of nitrogens with one attached hydrogen (secondary N) is 1. The van der Waals surface area contributed by atoms with Gasteiger partial charge in [0.1, 0.15) is 5.56 Å². The quantitative estimate of drug-likeness (QED) is 0.690. The minimum atomic E-state index is -0.386. The van der Waals surface area contributed by atoms with Crippen LogP contribution in [0.15, 0.2) is 30.9 Å². The van der Waals surface area contributed by atoms with E-state index in [9.17, 15) is 4.79 Å². The number of rotatable bonds is 3. The molecule has 1 aliphatic heterocycles. The SMILES string of the molecule is CN1CCCN(c2ccncc2NC(=O)c2c(N)nn3cc(Cl)cnc23)CC1. The van der Waals surface area contributed by atoms with Crippen LogP contribution in [0.5, 0.6) is 0 Å². The second-order valence-electron chi connectivity index (χ2n) is 6.79. The molecule has 0 bridgehead atoms. The lowest BCUT2D eigenvalue weighted by atomic mass is 10.2. The molecule has 3 N–H and O–H groups in total. The molecule has 0 saturated carbocycles. The summed E-state index contributed by atoms with van der Waals surface area (Å²) in [6, 6.07) is 1.92. The normalized spacial score (nSPS) is 15.6. The molecule has 9 nitrogen and oxygen atoms in total. The predicted molar refractivity (Wildman–Crippen MR) is 109 cm³/mol. The third-order valence-corrected chi connectivity index (χ3v) is 5.00. The number of carbonyl (C=O) groups excluding carboxylic acids is 1. The lowest BCUT2D eigenvalue weighted by Gasteiger charge is -2.25. The number of likely N-dealkylation sites (N-methyl/N-ethyl adjacent to an activating group) is 1. The maximum absolute atomic E-state index is 13.0. The Morgan fingerprint density at radius 2 is 2.11 bits per heavy atom. The zero-order chi connectivity index (χ0) is 19.7. The van der Waals surface area contributed by atoms with Crippen molar-refractivity contribution in [3.63, 3.8) is 0 Å². The van der Waals surface area contributed by atoms with Crippen LogP contribution in [0.2, 0.25) is 5.02 Å². The van der Waals surface area contributed by atoms with Crippen molar-refractivity contribution in [2.24, 2.45) is 0 Å². The monoisotopic (exact) mass is 400 g/mol. The lowest BCUT2D eigenvalue weighted by molar-refractivity contribution is 0.102. The number of hydrogen-bond acceptors (Lipinski definition) is 7. The average Bonchev–Trinajstić information content (AvgIpc) is 2.83. The summed E-state index contributed by atoms with van der Waals surface area (Å²) in [4.78, 5) is 25.9. The maximum atomic E-state index is 13.0. The third-order valence-electron chi connectivity index (χ3n) is 4.80. The number of nitrogens with two attached hydrogens (primary N) is 1. The van der Waals surface area contributed by atoms with E-state index in [1.54, 1.807) is 18.6 Å². The predicted octanol–water partition coefficient (Wildman–Crippen LogP) is 1.75. The third kappa shape index (κ3) is 3.58. The molecular weight excluding hydrogens is 380 g/mol. The topological polar surface area (TPSA) is 105 Å². The molecule has 3 aromatic rings. The van der Waals surface area contributed by atoms with Gasteiger partial charge >= 0.3 is 0 Å². The summed E-state index contributed by atoms with van der Waals surface area (Å²) in [6.45, 7) is 3.80. The second-order valence-corrected chi connectivity index (χ2v) is 7.23. The van der Waals surface area contributed by atoms with Crippen LogP contribution in [0.25, 0.3) is 5.65 Å². The first-order valence-corrected chi connectivity index (χ1v) is 9.39. The molecule has 28 heavy (non-hydrogen) atoms. The number of halogens is 1. The van der Waals surface area contributed by atoms with Gasteiger partial charge < -0.3 is 20.9 Å². The Kier molecular flexibility index (Phi) is 5.01. The van der Waals surface area contributed by atoms with Gasteiger partial charge in [0, 0.05) is 32.0 Å². The van der Waals surface area contributed by atoms with Crippen molar-refractivity contribution < 1.29 is 4.79 Å². The van der Waals surface area contributed by atoms with Gasteiger partial charge in [-0.05, 0) is 26.1 Å². The van der Waals surface area contributed by atoms with Crippen LogP contribution in [-0.4, -0.2) is 63.6 Å². The molecule has 0 atom stereocenters. The molecule has 4 heterocycles. The van der Waals surface area contributed by atoms with Gasteiger partial charge in [0.15, 0.2) is 11.5 Å². The summed E-state index contributed by atoms with van der Waals surface area (Å²) in [6.07, 6.45) is 7.44. The fraction of sp³-hybridized carbons (Fsp3) is 0.333. The highest BCUT2D eigenvalue weighted by molar-refractivity contribution is 6.30. The van der Waals surface area contributed by atoms with Crippen LogP contribution in [0.3, 0.4) is 0 Å². The van der Waals surface area contributed by atoms with E-state index in [2.05, 4.69) is 37.2 Å². The van der Waals surface area contributed by atoms with Crippen LogP contribution in [-0.2, 0) is 0 Å². The Morgan fingerprint density at radius 3 is 2.96 bits per heavy atom. The van der Waals surface area contributed by atoms with Gasteiger partial charge in [0.2, 0.25) is 0 Å². The van der Waals surface area contributed by atoms with Crippen molar-refractivity contribution in [2.45, 2.75) is 6.42 Å². The van der Waals surface area contributed by atoms with Crippen molar-refractivity contribution in [1.82, 2.24) is 24.5 Å². The molecule has 0 spiro atoms. The van der Waals surface area contributed by atoms with E-state index in [-0.39, 0.29) is 17.3 Å². The lowest BCUT2D eigenvalue weighted by Crippen LogP contribution is -2.29. The van der Waals surface area contributed by atoms with Gasteiger partial charge in [0.25, 0.3) is 5.91 Å². The Hall–Kier alpha value is -2.91. The Labute approximate surface area is 167 Å². The highest BCUT2D eigenvalue weighted by Crippen LogP contribution is 2.27.